The van der Waals surface area contributed by atoms with Gasteiger partial charge in [0.15, 0.2) is 0 Å². The van der Waals surface area contributed by atoms with Gasteiger partial charge in [-0.25, -0.2) is 4.98 Å². The minimum atomic E-state index is -0.783. The van der Waals surface area contributed by atoms with E-state index in [1.165, 1.54) is 4.57 Å². The summed E-state index contributed by atoms with van der Waals surface area (Å²) in [6.45, 7) is 1.89. The molecule has 0 aliphatic carbocycles. The van der Waals surface area contributed by atoms with Gasteiger partial charge < -0.3 is 10.4 Å². The molecule has 9 heteroatoms. The maximum absolute atomic E-state index is 13.2. The molecule has 1 unspecified atom stereocenters. The molecule has 1 aromatic carbocycles. The maximum Gasteiger partial charge on any atom is 0.262 e. The summed E-state index contributed by atoms with van der Waals surface area (Å²) in [5, 5.41) is 14.2. The van der Waals surface area contributed by atoms with Crippen LogP contribution in [0.25, 0.3) is 10.9 Å². The van der Waals surface area contributed by atoms with Gasteiger partial charge in [0.05, 0.1) is 11.1 Å². The number of hydrogen-bond donors (Lipinski definition) is 3. The van der Waals surface area contributed by atoms with Gasteiger partial charge >= 0.3 is 0 Å². The molecular formula is C24H32N4O5. The zero-order valence-corrected chi connectivity index (χ0v) is 19.1. The average Bonchev–Trinajstić information content (AvgIpc) is 2.77. The van der Waals surface area contributed by atoms with Crippen LogP contribution in [0.1, 0.15) is 76.1 Å². The molecule has 0 radical (unpaired) electrons. The highest BCUT2D eigenvalue weighted by Crippen LogP contribution is 2.23. The second-order valence-corrected chi connectivity index (χ2v) is 8.50. The molecule has 1 aliphatic rings. The maximum atomic E-state index is 13.2. The normalized spacial score (nSPS) is 16.1. The molecule has 3 amide bonds. The minimum absolute atomic E-state index is 0.128. The molecule has 2 heterocycles. The number of fused-ring (bicyclic) bond motifs is 1. The van der Waals surface area contributed by atoms with Crippen LogP contribution in [0.3, 0.4) is 0 Å². The monoisotopic (exact) mass is 456 g/mol. The van der Waals surface area contributed by atoms with Crippen LogP contribution in [-0.4, -0.2) is 39.0 Å². The van der Waals surface area contributed by atoms with Crippen molar-refractivity contribution < 1.29 is 19.5 Å². The number of aryl methyl sites for hydroxylation is 1. The number of carbonyl (C=O) groups is 3. The molecule has 1 atom stereocenters. The molecule has 3 N–H and O–H groups in total. The smallest absolute Gasteiger partial charge is 0.262 e. The first-order chi connectivity index (χ1) is 15.9. The first kappa shape index (κ1) is 24.6. The summed E-state index contributed by atoms with van der Waals surface area (Å²) in [5.41, 5.74) is 0.488. The molecule has 1 aromatic heterocycles. The molecule has 1 aliphatic heterocycles. The topological polar surface area (TPSA) is 130 Å². The van der Waals surface area contributed by atoms with E-state index in [4.69, 9.17) is 5.11 Å². The van der Waals surface area contributed by atoms with Crippen LogP contribution in [0.4, 0.5) is 5.69 Å². The molecule has 2 aromatic rings. The highest BCUT2D eigenvalue weighted by atomic mass is 16.3. The Kier molecular flexibility index (Phi) is 8.71. The van der Waals surface area contributed by atoms with Crippen LogP contribution >= 0.6 is 0 Å². The number of piperidine rings is 1. The molecule has 0 spiro atoms. The predicted molar refractivity (Wildman–Crippen MR) is 125 cm³/mol. The van der Waals surface area contributed by atoms with E-state index in [-0.39, 0.29) is 36.8 Å². The number of anilines is 1. The van der Waals surface area contributed by atoms with Crippen LogP contribution < -0.4 is 16.2 Å². The number of amides is 3. The fourth-order valence-electron chi connectivity index (χ4n) is 4.22. The highest BCUT2D eigenvalue weighted by molar-refractivity contribution is 6.01. The van der Waals surface area contributed by atoms with E-state index in [1.54, 1.807) is 25.1 Å². The molecule has 1 fully saturated rings. The van der Waals surface area contributed by atoms with Crippen LogP contribution in [0.15, 0.2) is 23.0 Å². The Morgan fingerprint density at radius 3 is 2.52 bits per heavy atom. The van der Waals surface area contributed by atoms with Gasteiger partial charge in [0.1, 0.15) is 17.4 Å². The predicted octanol–water partition coefficient (Wildman–Crippen LogP) is 2.73. The molecule has 9 nitrogen and oxygen atoms in total. The molecule has 3 rings (SSSR count). The first-order valence-corrected chi connectivity index (χ1v) is 11.7. The van der Waals surface area contributed by atoms with Crippen LogP contribution in [0.5, 0.6) is 0 Å². The highest BCUT2D eigenvalue weighted by Gasteiger charge is 2.30. The Balaban J connectivity index is 1.66. The number of aliphatic hydroxyl groups is 1. The number of aromatic nitrogens is 2. The van der Waals surface area contributed by atoms with Crippen molar-refractivity contribution in [3.63, 3.8) is 0 Å². The Morgan fingerprint density at radius 2 is 1.82 bits per heavy atom. The van der Waals surface area contributed by atoms with E-state index in [0.29, 0.717) is 28.8 Å². The van der Waals surface area contributed by atoms with E-state index in [9.17, 15) is 19.2 Å². The lowest BCUT2D eigenvalue weighted by Crippen LogP contribution is -2.45. The van der Waals surface area contributed by atoms with Crippen LogP contribution in [0.2, 0.25) is 0 Å². The third kappa shape index (κ3) is 6.25. The first-order valence-electron chi connectivity index (χ1n) is 11.7. The van der Waals surface area contributed by atoms with E-state index in [1.807, 2.05) is 0 Å². The van der Waals surface area contributed by atoms with Crippen molar-refractivity contribution in [2.24, 2.45) is 0 Å². The van der Waals surface area contributed by atoms with Gasteiger partial charge in [0.2, 0.25) is 17.7 Å². The Morgan fingerprint density at radius 1 is 1.12 bits per heavy atom. The number of imide groups is 1. The fraction of sp³-hybridized carbons (Fsp3) is 0.542. The van der Waals surface area contributed by atoms with Gasteiger partial charge in [0.25, 0.3) is 5.56 Å². The lowest BCUT2D eigenvalue weighted by Gasteiger charge is -2.24. The van der Waals surface area contributed by atoms with Crippen molar-refractivity contribution in [3.05, 3.63) is 34.4 Å². The van der Waals surface area contributed by atoms with Crippen LogP contribution in [-0.2, 0) is 14.4 Å². The number of nitrogens with one attached hydrogen (secondary N) is 2. The lowest BCUT2D eigenvalue weighted by atomic mass is 10.1. The standard InChI is InChI=1S/C24H32N4O5/c1-16-25-22-17(24(33)28(16)19-13-14-21(31)27-23(19)32)10-9-11-18(22)26-20(30)12-7-5-3-2-4-6-8-15-29/h9-11,19,29H,2-8,12-15H2,1H3,(H,26,30)(H,27,31,32). The molecule has 178 valence electrons. The molecular weight excluding hydrogens is 424 g/mol. The molecule has 1 saturated heterocycles. The second kappa shape index (κ2) is 11.7. The Labute approximate surface area is 192 Å². The minimum Gasteiger partial charge on any atom is -0.396 e. The fourth-order valence-corrected chi connectivity index (χ4v) is 4.22. The van der Waals surface area contributed by atoms with Crippen molar-refractivity contribution in [1.29, 1.82) is 0 Å². The van der Waals surface area contributed by atoms with Crippen molar-refractivity contribution >= 4 is 34.3 Å². The quantitative estimate of drug-likeness (QED) is 0.352. The number of rotatable bonds is 11. The Bertz CT molecular complexity index is 1080. The summed E-state index contributed by atoms with van der Waals surface area (Å²) in [6, 6.07) is 4.23. The number of unbranched alkanes of at least 4 members (excludes halogenated alkanes) is 6. The van der Waals surface area contributed by atoms with E-state index in [2.05, 4.69) is 15.6 Å². The number of nitrogens with zero attached hydrogens (tertiary/aromatic N) is 2. The third-order valence-electron chi connectivity index (χ3n) is 5.97. The van der Waals surface area contributed by atoms with Gasteiger partial charge in [0, 0.05) is 19.4 Å². The van der Waals surface area contributed by atoms with E-state index >= 15 is 0 Å². The molecule has 33 heavy (non-hydrogen) atoms. The summed E-state index contributed by atoms with van der Waals surface area (Å²) < 4.78 is 1.33. The summed E-state index contributed by atoms with van der Waals surface area (Å²) in [4.78, 5) is 53.9. The van der Waals surface area contributed by atoms with Gasteiger partial charge in [-0.05, 0) is 38.3 Å². The third-order valence-corrected chi connectivity index (χ3v) is 5.97. The molecule has 0 bridgehead atoms. The number of hydrogen-bond acceptors (Lipinski definition) is 6. The van der Waals surface area contributed by atoms with Gasteiger partial charge in [-0.1, -0.05) is 38.2 Å². The summed E-state index contributed by atoms with van der Waals surface area (Å²) in [7, 11) is 0. The van der Waals surface area contributed by atoms with Crippen molar-refractivity contribution in [2.45, 2.75) is 77.2 Å². The van der Waals surface area contributed by atoms with Gasteiger partial charge in [-0.15, -0.1) is 0 Å². The average molecular weight is 457 g/mol. The molecule has 0 saturated carbocycles. The second-order valence-electron chi connectivity index (χ2n) is 8.50. The largest absolute Gasteiger partial charge is 0.396 e. The van der Waals surface area contributed by atoms with E-state index < -0.39 is 11.9 Å². The lowest BCUT2D eigenvalue weighted by molar-refractivity contribution is -0.135. The van der Waals surface area contributed by atoms with Gasteiger partial charge in [-0.3, -0.25) is 29.1 Å². The summed E-state index contributed by atoms with van der Waals surface area (Å²) in [6.07, 6.45) is 7.71. The zero-order valence-electron chi connectivity index (χ0n) is 19.1. The number of carbonyl (C=O) groups excluding carboxylic acids is 3. The Hall–Kier alpha value is -3.07. The zero-order chi connectivity index (χ0) is 23.8. The van der Waals surface area contributed by atoms with Crippen molar-refractivity contribution in [1.82, 2.24) is 14.9 Å². The summed E-state index contributed by atoms with van der Waals surface area (Å²) >= 11 is 0. The number of benzene rings is 1. The summed E-state index contributed by atoms with van der Waals surface area (Å²) in [5.74, 6) is -0.626. The van der Waals surface area contributed by atoms with Gasteiger partial charge in [-0.2, -0.15) is 0 Å². The number of para-hydroxylation sites is 1. The SMILES string of the molecule is Cc1nc2c(NC(=O)CCCCCCCCCO)cccc2c(=O)n1C1CCC(=O)NC1=O. The van der Waals surface area contributed by atoms with Crippen LogP contribution in [0, 0.1) is 6.92 Å². The van der Waals surface area contributed by atoms with Crippen molar-refractivity contribution in [2.75, 3.05) is 11.9 Å². The van der Waals surface area contributed by atoms with Crippen molar-refractivity contribution in [3.8, 4) is 0 Å². The van der Waals surface area contributed by atoms with E-state index in [0.717, 1.165) is 44.9 Å². The number of aliphatic hydroxyl groups excluding tert-OH is 1.